The molecule has 0 bridgehead atoms. The van der Waals surface area contributed by atoms with Crippen molar-refractivity contribution in [1.29, 1.82) is 0 Å². The van der Waals surface area contributed by atoms with Crippen LogP contribution in [0.3, 0.4) is 0 Å². The van der Waals surface area contributed by atoms with Crippen LogP contribution in [0.4, 0.5) is 0 Å². The van der Waals surface area contributed by atoms with E-state index in [1.165, 1.54) is 6.08 Å². The van der Waals surface area contributed by atoms with Crippen LogP contribution < -0.4 is 0 Å². The molecule has 0 saturated heterocycles. The molecule has 0 aromatic rings. The average molecular weight is 242 g/mol. The zero-order valence-corrected chi connectivity index (χ0v) is 11.1. The molecule has 0 radical (unpaired) electrons. The summed E-state index contributed by atoms with van der Waals surface area (Å²) < 4.78 is 10.0. The van der Waals surface area contributed by atoms with Gasteiger partial charge in [0.2, 0.25) is 0 Å². The van der Waals surface area contributed by atoms with E-state index in [1.807, 2.05) is 13.8 Å². The summed E-state index contributed by atoms with van der Waals surface area (Å²) in [4.78, 5) is 24.0. The molecule has 4 heteroatoms. The molecule has 0 spiro atoms. The monoisotopic (exact) mass is 242 g/mol. The summed E-state index contributed by atoms with van der Waals surface area (Å²) in [5, 5.41) is 0. The zero-order chi connectivity index (χ0) is 13.5. The van der Waals surface area contributed by atoms with Crippen LogP contribution in [0.25, 0.3) is 0 Å². The maximum Gasteiger partial charge on any atom is 0.324 e. The molecular weight excluding hydrogens is 220 g/mol. The number of rotatable bonds is 7. The summed E-state index contributed by atoms with van der Waals surface area (Å²) in [5.74, 6) is -1.22. The van der Waals surface area contributed by atoms with Gasteiger partial charge in [0.15, 0.2) is 5.41 Å². The average Bonchev–Trinajstić information content (AvgIpc) is 2.27. The van der Waals surface area contributed by atoms with Crippen LogP contribution >= 0.6 is 0 Å². The van der Waals surface area contributed by atoms with E-state index in [9.17, 15) is 9.59 Å². The summed E-state index contributed by atoms with van der Waals surface area (Å²) in [6.07, 6.45) is 1.84. The van der Waals surface area contributed by atoms with Gasteiger partial charge in [0.05, 0.1) is 6.61 Å². The minimum absolute atomic E-state index is 0.104. The Kier molecular flexibility index (Phi) is 6.54. The van der Waals surface area contributed by atoms with Crippen LogP contribution in [0, 0.1) is 11.3 Å². The second-order valence-electron chi connectivity index (χ2n) is 4.09. The Labute approximate surface area is 103 Å². The van der Waals surface area contributed by atoms with E-state index in [-0.39, 0.29) is 19.1 Å². The smallest absolute Gasteiger partial charge is 0.324 e. The van der Waals surface area contributed by atoms with Gasteiger partial charge in [-0.2, -0.15) is 0 Å². The quantitative estimate of drug-likeness (QED) is 0.390. The van der Waals surface area contributed by atoms with E-state index in [0.29, 0.717) is 6.42 Å². The van der Waals surface area contributed by atoms with Gasteiger partial charge in [-0.25, -0.2) is 0 Å². The first-order valence-electron chi connectivity index (χ1n) is 5.92. The summed E-state index contributed by atoms with van der Waals surface area (Å²) in [6, 6.07) is 0. The van der Waals surface area contributed by atoms with Crippen LogP contribution in [0.15, 0.2) is 12.7 Å². The molecule has 0 aliphatic heterocycles. The Hall–Kier alpha value is -1.32. The van der Waals surface area contributed by atoms with Gasteiger partial charge in [0.1, 0.15) is 6.61 Å². The van der Waals surface area contributed by atoms with Crippen molar-refractivity contribution < 1.29 is 19.1 Å². The lowest BCUT2D eigenvalue weighted by atomic mass is 9.75. The van der Waals surface area contributed by atoms with E-state index < -0.39 is 17.4 Å². The summed E-state index contributed by atoms with van der Waals surface area (Å²) in [6.45, 7) is 11.0. The number of esters is 2. The largest absolute Gasteiger partial charge is 0.465 e. The second kappa shape index (κ2) is 7.09. The first kappa shape index (κ1) is 15.7. The van der Waals surface area contributed by atoms with Crippen molar-refractivity contribution in [1.82, 2.24) is 0 Å². The van der Waals surface area contributed by atoms with E-state index in [0.717, 1.165) is 0 Å². The van der Waals surface area contributed by atoms with Gasteiger partial charge in [-0.3, -0.25) is 9.59 Å². The molecule has 0 rings (SSSR count). The topological polar surface area (TPSA) is 52.6 Å². The van der Waals surface area contributed by atoms with Gasteiger partial charge in [-0.05, 0) is 19.3 Å². The van der Waals surface area contributed by atoms with Crippen LogP contribution in [0.5, 0.6) is 0 Å². The molecule has 1 unspecified atom stereocenters. The highest BCUT2D eigenvalue weighted by Crippen LogP contribution is 2.34. The van der Waals surface area contributed by atoms with Gasteiger partial charge >= 0.3 is 11.9 Å². The van der Waals surface area contributed by atoms with Gasteiger partial charge < -0.3 is 9.47 Å². The first-order valence-corrected chi connectivity index (χ1v) is 5.92. The van der Waals surface area contributed by atoms with Crippen molar-refractivity contribution >= 4 is 11.9 Å². The highest BCUT2D eigenvalue weighted by Gasteiger charge is 2.49. The maximum absolute atomic E-state index is 12.0. The molecule has 0 aliphatic rings. The van der Waals surface area contributed by atoms with Gasteiger partial charge in [0, 0.05) is 0 Å². The highest BCUT2D eigenvalue weighted by atomic mass is 16.6. The van der Waals surface area contributed by atoms with Crippen LogP contribution in [-0.2, 0) is 19.1 Å². The Morgan fingerprint density at radius 1 is 1.24 bits per heavy atom. The molecular formula is C13H22O4. The number of hydrogen-bond donors (Lipinski definition) is 0. The van der Waals surface area contributed by atoms with Crippen molar-refractivity contribution in [3.63, 3.8) is 0 Å². The Morgan fingerprint density at radius 3 is 2.12 bits per heavy atom. The van der Waals surface area contributed by atoms with Crippen molar-refractivity contribution in [2.45, 2.75) is 34.1 Å². The van der Waals surface area contributed by atoms with Crippen LogP contribution in [0.1, 0.15) is 34.1 Å². The summed E-state index contributed by atoms with van der Waals surface area (Å²) in [5.41, 5.74) is -1.21. The van der Waals surface area contributed by atoms with E-state index in [4.69, 9.17) is 9.47 Å². The van der Waals surface area contributed by atoms with Gasteiger partial charge in [-0.15, -0.1) is 0 Å². The molecule has 0 N–H and O–H groups in total. The van der Waals surface area contributed by atoms with Crippen LogP contribution in [0.2, 0.25) is 0 Å². The fourth-order valence-corrected chi connectivity index (χ4v) is 1.77. The molecule has 0 saturated carbocycles. The normalized spacial score (nSPS) is 13.9. The van der Waals surface area contributed by atoms with Crippen molar-refractivity contribution in [3.8, 4) is 0 Å². The number of carbonyl (C=O) groups excluding carboxylic acids is 2. The van der Waals surface area contributed by atoms with E-state index in [2.05, 4.69) is 6.58 Å². The summed E-state index contributed by atoms with van der Waals surface area (Å²) in [7, 11) is 0. The number of ether oxygens (including phenoxy) is 2. The molecule has 0 aromatic heterocycles. The van der Waals surface area contributed by atoms with Gasteiger partial charge in [-0.1, -0.05) is 33.4 Å². The Balaban J connectivity index is 5.13. The fraction of sp³-hybridized carbons (Fsp3) is 0.692. The predicted molar refractivity (Wildman–Crippen MR) is 65.4 cm³/mol. The molecule has 1 atom stereocenters. The molecule has 0 amide bonds. The zero-order valence-electron chi connectivity index (χ0n) is 11.1. The minimum atomic E-state index is -1.21. The van der Waals surface area contributed by atoms with E-state index in [1.54, 1.807) is 13.8 Å². The maximum atomic E-state index is 12.0. The SMILES string of the molecule is C=CCOC(=O)C(CC)(C(=O)OCC)C(C)C. The third-order valence-corrected chi connectivity index (χ3v) is 2.88. The van der Waals surface area contributed by atoms with Crippen molar-refractivity contribution in [2.75, 3.05) is 13.2 Å². The second-order valence-corrected chi connectivity index (χ2v) is 4.09. The Morgan fingerprint density at radius 2 is 1.76 bits per heavy atom. The van der Waals surface area contributed by atoms with Crippen molar-refractivity contribution in [2.24, 2.45) is 11.3 Å². The number of carbonyl (C=O) groups is 2. The fourth-order valence-electron chi connectivity index (χ4n) is 1.77. The van der Waals surface area contributed by atoms with E-state index >= 15 is 0 Å². The Bertz CT molecular complexity index is 283. The molecule has 4 nitrogen and oxygen atoms in total. The molecule has 0 fully saturated rings. The third-order valence-electron chi connectivity index (χ3n) is 2.88. The standard InChI is InChI=1S/C13H22O4/c1-6-9-17-12(15)13(7-2,10(4)5)11(14)16-8-3/h6,10H,1,7-9H2,2-5H3. The lowest BCUT2D eigenvalue weighted by Gasteiger charge is -2.31. The predicted octanol–water partition coefficient (Wildman–Crippen LogP) is 2.33. The molecule has 0 aliphatic carbocycles. The number of hydrogen-bond acceptors (Lipinski definition) is 4. The minimum Gasteiger partial charge on any atom is -0.465 e. The van der Waals surface area contributed by atoms with Crippen molar-refractivity contribution in [3.05, 3.63) is 12.7 Å². The lowest BCUT2D eigenvalue weighted by molar-refractivity contribution is -0.175. The summed E-state index contributed by atoms with van der Waals surface area (Å²) >= 11 is 0. The lowest BCUT2D eigenvalue weighted by Crippen LogP contribution is -2.45. The molecule has 0 heterocycles. The van der Waals surface area contributed by atoms with Gasteiger partial charge in [0.25, 0.3) is 0 Å². The third kappa shape index (κ3) is 3.32. The van der Waals surface area contributed by atoms with Crippen LogP contribution in [-0.4, -0.2) is 25.2 Å². The molecule has 0 aromatic carbocycles. The molecule has 17 heavy (non-hydrogen) atoms. The first-order chi connectivity index (χ1) is 7.97. The molecule has 98 valence electrons. The highest BCUT2D eigenvalue weighted by molar-refractivity contribution is 6.00.